The zero-order valence-electron chi connectivity index (χ0n) is 9.42. The van der Waals surface area contributed by atoms with Crippen molar-refractivity contribution in [1.29, 1.82) is 0 Å². The Labute approximate surface area is 96.2 Å². The van der Waals surface area contributed by atoms with Crippen molar-refractivity contribution < 1.29 is 9.47 Å². The summed E-state index contributed by atoms with van der Waals surface area (Å²) in [6.45, 7) is 4.68. The summed E-state index contributed by atoms with van der Waals surface area (Å²) in [7, 11) is 1.65. The van der Waals surface area contributed by atoms with Gasteiger partial charge in [-0.25, -0.2) is 0 Å². The molecule has 1 unspecified atom stereocenters. The largest absolute Gasteiger partial charge is 0.493 e. The molecule has 0 aliphatic heterocycles. The van der Waals surface area contributed by atoms with Crippen molar-refractivity contribution in [3.05, 3.63) is 23.8 Å². The molecule has 0 fully saturated rings. The molecule has 0 aliphatic rings. The van der Waals surface area contributed by atoms with Gasteiger partial charge in [-0.2, -0.15) is 0 Å². The second kappa shape index (κ2) is 5.86. The van der Waals surface area contributed by atoms with Crippen molar-refractivity contribution in [3.63, 3.8) is 0 Å². The molecule has 0 aliphatic carbocycles. The van der Waals surface area contributed by atoms with E-state index in [4.69, 9.17) is 21.1 Å². The lowest BCUT2D eigenvalue weighted by Crippen LogP contribution is -2.10. The third kappa shape index (κ3) is 3.63. The quantitative estimate of drug-likeness (QED) is 0.721. The van der Waals surface area contributed by atoms with Crippen LogP contribution in [0, 0.1) is 12.8 Å². The number of benzene rings is 1. The van der Waals surface area contributed by atoms with Crippen molar-refractivity contribution in [1.82, 2.24) is 0 Å². The average molecular weight is 229 g/mol. The topological polar surface area (TPSA) is 18.5 Å². The number of rotatable bonds is 5. The minimum absolute atomic E-state index is 0.345. The predicted octanol–water partition coefficient (Wildman–Crippen LogP) is 3.26. The molecule has 0 spiro atoms. The van der Waals surface area contributed by atoms with Gasteiger partial charge in [0.05, 0.1) is 13.7 Å². The summed E-state index contributed by atoms with van der Waals surface area (Å²) in [6.07, 6.45) is 0. The van der Waals surface area contributed by atoms with Crippen molar-refractivity contribution >= 4 is 11.6 Å². The fourth-order valence-electron chi connectivity index (χ4n) is 1.17. The number of hydrogen-bond acceptors (Lipinski definition) is 2. The summed E-state index contributed by atoms with van der Waals surface area (Å²) in [5.74, 6) is 2.50. The van der Waals surface area contributed by atoms with Gasteiger partial charge in [0, 0.05) is 11.8 Å². The number of alkyl halides is 1. The van der Waals surface area contributed by atoms with E-state index < -0.39 is 0 Å². The zero-order valence-corrected chi connectivity index (χ0v) is 10.2. The molecule has 1 aromatic rings. The first-order chi connectivity index (χ1) is 7.17. The maximum Gasteiger partial charge on any atom is 0.161 e. The Hall–Kier alpha value is -0.890. The van der Waals surface area contributed by atoms with E-state index in [9.17, 15) is 0 Å². The molecule has 0 saturated heterocycles. The first-order valence-corrected chi connectivity index (χ1v) is 5.54. The molecule has 0 aromatic heterocycles. The van der Waals surface area contributed by atoms with Crippen LogP contribution in [0.2, 0.25) is 0 Å². The molecular weight excluding hydrogens is 212 g/mol. The van der Waals surface area contributed by atoms with Crippen molar-refractivity contribution in [3.8, 4) is 11.5 Å². The zero-order chi connectivity index (χ0) is 11.3. The Kier molecular flexibility index (Phi) is 4.76. The van der Waals surface area contributed by atoms with Crippen LogP contribution in [-0.4, -0.2) is 19.6 Å². The normalized spacial score (nSPS) is 12.3. The molecule has 0 radical (unpaired) electrons. The summed E-state index contributed by atoms with van der Waals surface area (Å²) >= 11 is 5.71. The van der Waals surface area contributed by atoms with Crippen LogP contribution in [0.15, 0.2) is 18.2 Å². The number of hydrogen-bond donors (Lipinski definition) is 0. The first-order valence-electron chi connectivity index (χ1n) is 5.00. The Bertz CT molecular complexity index is 312. The van der Waals surface area contributed by atoms with E-state index in [0.717, 1.165) is 17.1 Å². The standard InChI is InChI=1S/C12H17ClO2/c1-9-4-5-11(12(6-9)14-3)15-8-10(2)7-13/h4-6,10H,7-8H2,1-3H3. The molecule has 1 aromatic carbocycles. The maximum absolute atomic E-state index is 5.71. The molecule has 1 rings (SSSR count). The summed E-state index contributed by atoms with van der Waals surface area (Å²) < 4.78 is 10.9. The molecule has 0 heterocycles. The SMILES string of the molecule is COc1cc(C)ccc1OCC(C)CCl. The van der Waals surface area contributed by atoms with Crippen LogP contribution < -0.4 is 9.47 Å². The van der Waals surface area contributed by atoms with E-state index >= 15 is 0 Å². The lowest BCUT2D eigenvalue weighted by atomic mass is 10.2. The van der Waals surface area contributed by atoms with Gasteiger partial charge >= 0.3 is 0 Å². The van der Waals surface area contributed by atoms with E-state index in [1.54, 1.807) is 7.11 Å². The molecular formula is C12H17ClO2. The fraction of sp³-hybridized carbons (Fsp3) is 0.500. The summed E-state index contributed by atoms with van der Waals surface area (Å²) in [4.78, 5) is 0. The number of methoxy groups -OCH3 is 1. The fourth-order valence-corrected chi connectivity index (χ4v) is 1.26. The highest BCUT2D eigenvalue weighted by atomic mass is 35.5. The van der Waals surface area contributed by atoms with Crippen LogP contribution in [0.3, 0.4) is 0 Å². The van der Waals surface area contributed by atoms with Crippen LogP contribution in [0.5, 0.6) is 11.5 Å². The molecule has 3 heteroatoms. The molecule has 0 amide bonds. The molecule has 84 valence electrons. The van der Waals surface area contributed by atoms with E-state index in [-0.39, 0.29) is 0 Å². The molecule has 2 nitrogen and oxygen atoms in total. The van der Waals surface area contributed by atoms with Gasteiger partial charge in [0.2, 0.25) is 0 Å². The third-order valence-corrected chi connectivity index (χ3v) is 2.63. The first kappa shape index (κ1) is 12.2. The third-order valence-electron chi connectivity index (χ3n) is 2.11. The molecule has 0 bridgehead atoms. The molecule has 0 saturated carbocycles. The highest BCUT2D eigenvalue weighted by Crippen LogP contribution is 2.28. The smallest absolute Gasteiger partial charge is 0.161 e. The van der Waals surface area contributed by atoms with Gasteiger partial charge in [0.25, 0.3) is 0 Å². The monoisotopic (exact) mass is 228 g/mol. The number of ether oxygens (including phenoxy) is 2. The minimum atomic E-state index is 0.345. The van der Waals surface area contributed by atoms with Gasteiger partial charge in [-0.3, -0.25) is 0 Å². The highest BCUT2D eigenvalue weighted by molar-refractivity contribution is 6.18. The van der Waals surface area contributed by atoms with Crippen LogP contribution in [-0.2, 0) is 0 Å². The van der Waals surface area contributed by atoms with Crippen LogP contribution in [0.25, 0.3) is 0 Å². The van der Waals surface area contributed by atoms with E-state index in [1.807, 2.05) is 32.0 Å². The maximum atomic E-state index is 5.71. The van der Waals surface area contributed by atoms with Gasteiger partial charge in [-0.05, 0) is 24.6 Å². The average Bonchev–Trinajstić information content (AvgIpc) is 2.26. The molecule has 0 N–H and O–H groups in total. The van der Waals surface area contributed by atoms with Crippen LogP contribution >= 0.6 is 11.6 Å². The van der Waals surface area contributed by atoms with E-state index in [1.165, 1.54) is 0 Å². The van der Waals surface area contributed by atoms with E-state index in [0.29, 0.717) is 18.4 Å². The van der Waals surface area contributed by atoms with Gasteiger partial charge < -0.3 is 9.47 Å². The molecule has 15 heavy (non-hydrogen) atoms. The lowest BCUT2D eigenvalue weighted by molar-refractivity contribution is 0.258. The Balaban J connectivity index is 2.67. The number of halogens is 1. The second-order valence-electron chi connectivity index (χ2n) is 3.72. The van der Waals surface area contributed by atoms with E-state index in [2.05, 4.69) is 0 Å². The molecule has 1 atom stereocenters. The predicted molar refractivity (Wildman–Crippen MR) is 63.1 cm³/mol. The number of aryl methyl sites for hydroxylation is 1. The summed E-state index contributed by atoms with van der Waals surface area (Å²) in [5.41, 5.74) is 1.16. The van der Waals surface area contributed by atoms with Crippen molar-refractivity contribution in [2.45, 2.75) is 13.8 Å². The Morgan fingerprint density at radius 3 is 2.67 bits per heavy atom. The minimum Gasteiger partial charge on any atom is -0.493 e. The second-order valence-corrected chi connectivity index (χ2v) is 4.03. The summed E-state index contributed by atoms with van der Waals surface area (Å²) in [5, 5.41) is 0. The van der Waals surface area contributed by atoms with Gasteiger partial charge in [0.15, 0.2) is 11.5 Å². The lowest BCUT2D eigenvalue weighted by Gasteiger charge is -2.13. The van der Waals surface area contributed by atoms with Gasteiger partial charge in [0.1, 0.15) is 0 Å². The summed E-state index contributed by atoms with van der Waals surface area (Å²) in [6, 6.07) is 5.89. The van der Waals surface area contributed by atoms with Crippen LogP contribution in [0.1, 0.15) is 12.5 Å². The van der Waals surface area contributed by atoms with Crippen molar-refractivity contribution in [2.75, 3.05) is 19.6 Å². The Morgan fingerprint density at radius 2 is 2.07 bits per heavy atom. The van der Waals surface area contributed by atoms with Gasteiger partial charge in [-0.15, -0.1) is 11.6 Å². The highest BCUT2D eigenvalue weighted by Gasteiger charge is 2.06. The van der Waals surface area contributed by atoms with Crippen molar-refractivity contribution in [2.24, 2.45) is 5.92 Å². The van der Waals surface area contributed by atoms with Gasteiger partial charge in [-0.1, -0.05) is 13.0 Å². The Morgan fingerprint density at radius 1 is 1.33 bits per heavy atom. The van der Waals surface area contributed by atoms with Crippen LogP contribution in [0.4, 0.5) is 0 Å².